The molecular weight excluding hydrogens is 419 g/mol. The molecule has 2 fully saturated rings. The third kappa shape index (κ3) is 3.12. The standard InChI is InChI=1S/C24H22F3N3O2/c1-30(14-6-7-15(30)9-8-14)16-10-11-21(19(12-16)24(25,26)27)29-23(32)18-13-28-20-5-3-2-4-17(20)22(18)31/h2-5,10-15H,6-9H2,1H3,(H-,28,29,31,32)/p+1. The predicted molar refractivity (Wildman–Crippen MR) is 118 cm³/mol. The van der Waals surface area contributed by atoms with Crippen molar-refractivity contribution in [2.75, 3.05) is 12.4 Å². The lowest BCUT2D eigenvalue weighted by Gasteiger charge is -2.35. The highest BCUT2D eigenvalue weighted by atomic mass is 19.4. The molecule has 2 aromatic carbocycles. The molecule has 32 heavy (non-hydrogen) atoms. The summed E-state index contributed by atoms with van der Waals surface area (Å²) in [6.45, 7) is 0. The number of rotatable bonds is 3. The van der Waals surface area contributed by atoms with Gasteiger partial charge in [-0.2, -0.15) is 13.2 Å². The van der Waals surface area contributed by atoms with Crippen molar-refractivity contribution in [3.05, 3.63) is 70.0 Å². The number of hydrogen-bond donors (Lipinski definition) is 2. The highest BCUT2D eigenvalue weighted by Crippen LogP contribution is 2.48. The zero-order chi connectivity index (χ0) is 22.7. The SMILES string of the molecule is C[N+]1(c2ccc(NC(=O)c3c[nH]c4ccccc4c3=O)c(C(F)(F)F)c2)C2CCC1CC2. The Morgan fingerprint density at radius 3 is 2.38 bits per heavy atom. The second kappa shape index (κ2) is 7.20. The first-order valence-corrected chi connectivity index (χ1v) is 10.7. The smallest absolute Gasteiger partial charge is 0.360 e. The van der Waals surface area contributed by atoms with Crippen LogP contribution in [0.2, 0.25) is 0 Å². The van der Waals surface area contributed by atoms with Crippen LogP contribution in [0.3, 0.4) is 0 Å². The lowest BCUT2D eigenvalue weighted by atomic mass is 10.0. The third-order valence-electron chi connectivity index (χ3n) is 7.33. The first-order chi connectivity index (χ1) is 15.2. The van der Waals surface area contributed by atoms with E-state index in [1.807, 2.05) is 7.05 Å². The maximum atomic E-state index is 14.0. The Hall–Kier alpha value is -3.13. The fourth-order valence-corrected chi connectivity index (χ4v) is 5.55. The Bertz CT molecular complexity index is 1260. The number of quaternary nitrogens is 1. The maximum Gasteiger partial charge on any atom is 0.418 e. The van der Waals surface area contributed by atoms with Gasteiger partial charge in [0.2, 0.25) is 5.43 Å². The van der Waals surface area contributed by atoms with E-state index in [9.17, 15) is 22.8 Å². The van der Waals surface area contributed by atoms with Gasteiger partial charge in [-0.25, -0.2) is 0 Å². The van der Waals surface area contributed by atoms with E-state index in [0.717, 1.165) is 31.7 Å². The Kier molecular flexibility index (Phi) is 4.67. The van der Waals surface area contributed by atoms with E-state index in [1.165, 1.54) is 12.3 Å². The number of carbonyl (C=O) groups is 1. The lowest BCUT2D eigenvalue weighted by molar-refractivity contribution is -0.136. The second-order valence-electron chi connectivity index (χ2n) is 8.87. The number of amides is 1. The molecule has 0 unspecified atom stereocenters. The predicted octanol–water partition coefficient (Wildman–Crippen LogP) is 5.06. The highest BCUT2D eigenvalue weighted by molar-refractivity contribution is 6.06. The van der Waals surface area contributed by atoms with Gasteiger partial charge in [-0.1, -0.05) is 12.1 Å². The van der Waals surface area contributed by atoms with Gasteiger partial charge in [0.1, 0.15) is 11.3 Å². The van der Waals surface area contributed by atoms with Crippen LogP contribution >= 0.6 is 0 Å². The molecule has 8 heteroatoms. The van der Waals surface area contributed by atoms with Crippen molar-refractivity contribution in [3.8, 4) is 0 Å². The number of nitrogens with zero attached hydrogens (tertiary/aromatic N) is 1. The highest BCUT2D eigenvalue weighted by Gasteiger charge is 2.53. The van der Waals surface area contributed by atoms with Crippen molar-refractivity contribution >= 4 is 28.2 Å². The number of hydrogen-bond acceptors (Lipinski definition) is 2. The number of aromatic nitrogens is 1. The van der Waals surface area contributed by atoms with Crippen molar-refractivity contribution in [1.82, 2.24) is 9.47 Å². The normalized spacial score (nSPS) is 24.8. The third-order valence-corrected chi connectivity index (χ3v) is 7.33. The van der Waals surface area contributed by atoms with E-state index >= 15 is 0 Å². The monoisotopic (exact) mass is 442 g/mol. The van der Waals surface area contributed by atoms with Crippen LogP contribution in [0.5, 0.6) is 0 Å². The Labute approximate surface area is 182 Å². The van der Waals surface area contributed by atoms with Crippen LogP contribution < -0.4 is 15.2 Å². The summed E-state index contributed by atoms with van der Waals surface area (Å²) < 4.78 is 42.4. The molecule has 3 aromatic rings. The van der Waals surface area contributed by atoms with Crippen molar-refractivity contribution in [2.45, 2.75) is 43.9 Å². The summed E-state index contributed by atoms with van der Waals surface area (Å²) in [5.74, 6) is -0.878. The van der Waals surface area contributed by atoms with E-state index in [2.05, 4.69) is 10.3 Å². The second-order valence-corrected chi connectivity index (χ2v) is 8.87. The minimum atomic E-state index is -4.65. The van der Waals surface area contributed by atoms with Crippen LogP contribution in [0.15, 0.2) is 53.5 Å². The van der Waals surface area contributed by atoms with Crippen LogP contribution in [-0.4, -0.2) is 30.0 Å². The van der Waals surface area contributed by atoms with Gasteiger partial charge < -0.3 is 10.3 Å². The number of anilines is 1. The first-order valence-electron chi connectivity index (χ1n) is 10.7. The summed E-state index contributed by atoms with van der Waals surface area (Å²) in [6.07, 6.45) is 0.664. The van der Waals surface area contributed by atoms with Gasteiger partial charge in [-0.05, 0) is 18.2 Å². The van der Waals surface area contributed by atoms with Crippen LogP contribution in [0.4, 0.5) is 24.5 Å². The summed E-state index contributed by atoms with van der Waals surface area (Å²) >= 11 is 0. The average Bonchev–Trinajstić information content (AvgIpc) is 3.26. The number of benzene rings is 2. The summed E-state index contributed by atoms with van der Waals surface area (Å²) in [7, 11) is 2.01. The van der Waals surface area contributed by atoms with Crippen molar-refractivity contribution < 1.29 is 18.0 Å². The average molecular weight is 442 g/mol. The molecule has 0 aliphatic carbocycles. The molecule has 166 valence electrons. The minimum absolute atomic E-state index is 0.238. The van der Waals surface area contributed by atoms with E-state index in [1.54, 1.807) is 30.3 Å². The van der Waals surface area contributed by atoms with Crippen LogP contribution in [-0.2, 0) is 6.18 Å². The molecule has 2 saturated heterocycles. The molecule has 0 radical (unpaired) electrons. The summed E-state index contributed by atoms with van der Waals surface area (Å²) in [5.41, 5.74) is -0.857. The van der Waals surface area contributed by atoms with E-state index < -0.39 is 23.1 Å². The summed E-state index contributed by atoms with van der Waals surface area (Å²) in [6, 6.07) is 11.5. The summed E-state index contributed by atoms with van der Waals surface area (Å²) in [4.78, 5) is 28.3. The van der Waals surface area contributed by atoms with E-state index in [0.29, 0.717) is 33.2 Å². The summed E-state index contributed by atoms with van der Waals surface area (Å²) in [5, 5.41) is 2.62. The molecule has 1 amide bonds. The molecule has 0 saturated carbocycles. The lowest BCUT2D eigenvalue weighted by Crippen LogP contribution is -2.49. The molecular formula is C24H23F3N3O2+. The minimum Gasteiger partial charge on any atom is -0.360 e. The molecule has 5 nitrogen and oxygen atoms in total. The molecule has 3 heterocycles. The van der Waals surface area contributed by atoms with Crippen LogP contribution in [0.25, 0.3) is 10.9 Å². The maximum absolute atomic E-state index is 14.0. The number of nitrogens with one attached hydrogen (secondary N) is 2. The van der Waals surface area contributed by atoms with Crippen molar-refractivity contribution in [3.63, 3.8) is 0 Å². The molecule has 0 atom stereocenters. The number of halogens is 3. The molecule has 2 aliphatic rings. The number of para-hydroxylation sites is 1. The Morgan fingerprint density at radius 1 is 1.06 bits per heavy atom. The van der Waals surface area contributed by atoms with Gasteiger partial charge in [0.05, 0.1) is 30.4 Å². The molecule has 1 aromatic heterocycles. The topological polar surface area (TPSA) is 62.0 Å². The molecule has 0 spiro atoms. The number of H-pyrrole nitrogens is 1. The van der Waals surface area contributed by atoms with Gasteiger partial charge in [0.15, 0.2) is 0 Å². The van der Waals surface area contributed by atoms with Gasteiger partial charge in [-0.3, -0.25) is 14.1 Å². The first kappa shape index (κ1) is 20.8. The molecule has 2 bridgehead atoms. The zero-order valence-electron chi connectivity index (χ0n) is 17.5. The van der Waals surface area contributed by atoms with Crippen molar-refractivity contribution in [1.29, 1.82) is 0 Å². The molecule has 5 rings (SSSR count). The Balaban J connectivity index is 1.52. The number of pyridine rings is 1. The number of carbonyl (C=O) groups excluding carboxylic acids is 1. The quantitative estimate of drug-likeness (QED) is 0.557. The zero-order valence-corrected chi connectivity index (χ0v) is 17.5. The van der Waals surface area contributed by atoms with Gasteiger partial charge >= 0.3 is 6.18 Å². The van der Waals surface area contributed by atoms with E-state index in [4.69, 9.17) is 0 Å². The van der Waals surface area contributed by atoms with Gasteiger partial charge in [0, 0.05) is 54.9 Å². The number of alkyl halides is 3. The largest absolute Gasteiger partial charge is 0.418 e. The van der Waals surface area contributed by atoms with Gasteiger partial charge in [-0.15, -0.1) is 0 Å². The molecule has 2 aliphatic heterocycles. The van der Waals surface area contributed by atoms with E-state index in [-0.39, 0.29) is 11.3 Å². The van der Waals surface area contributed by atoms with Crippen LogP contribution in [0, 0.1) is 0 Å². The fraction of sp³-hybridized carbons (Fsp3) is 0.333. The Morgan fingerprint density at radius 2 is 1.72 bits per heavy atom. The fourth-order valence-electron chi connectivity index (χ4n) is 5.55. The van der Waals surface area contributed by atoms with Crippen LogP contribution in [0.1, 0.15) is 41.6 Å². The molecule has 2 N–H and O–H groups in total. The van der Waals surface area contributed by atoms with Gasteiger partial charge in [0.25, 0.3) is 5.91 Å². The number of aromatic amines is 1. The van der Waals surface area contributed by atoms with Crippen molar-refractivity contribution in [2.24, 2.45) is 0 Å². The number of fused-ring (bicyclic) bond motifs is 3.